The predicted octanol–water partition coefficient (Wildman–Crippen LogP) is 3.18. The summed E-state index contributed by atoms with van der Waals surface area (Å²) >= 11 is 0. The minimum atomic E-state index is -0.0294. The fourth-order valence-electron chi connectivity index (χ4n) is 1.82. The first-order valence-corrected chi connectivity index (χ1v) is 7.18. The Hall–Kier alpha value is -1.18. The molecule has 0 amide bonds. The standard InChI is InChI=1S/C16H27N3O2.HI/c1-7-21-13-9-8-12(10-14(13)20-6)11-18-15(17-5)19-16(2,3)4;/h8-10H,7,11H2,1-6H3,(H2,17,18,19);1H. The van der Waals surface area contributed by atoms with Crippen molar-refractivity contribution in [2.45, 2.75) is 39.8 Å². The van der Waals surface area contributed by atoms with Gasteiger partial charge in [-0.3, -0.25) is 4.99 Å². The van der Waals surface area contributed by atoms with Crippen molar-refractivity contribution in [2.24, 2.45) is 4.99 Å². The second-order valence-electron chi connectivity index (χ2n) is 5.72. The Morgan fingerprint density at radius 3 is 2.41 bits per heavy atom. The van der Waals surface area contributed by atoms with Crippen LogP contribution in [-0.2, 0) is 6.54 Å². The molecule has 0 bridgehead atoms. The van der Waals surface area contributed by atoms with E-state index in [-0.39, 0.29) is 29.5 Å². The van der Waals surface area contributed by atoms with E-state index in [9.17, 15) is 0 Å². The molecule has 0 atom stereocenters. The molecule has 0 aliphatic heterocycles. The average molecular weight is 421 g/mol. The van der Waals surface area contributed by atoms with E-state index in [1.54, 1.807) is 14.2 Å². The van der Waals surface area contributed by atoms with Crippen molar-refractivity contribution in [3.8, 4) is 11.5 Å². The number of guanidine groups is 1. The van der Waals surface area contributed by atoms with E-state index in [0.717, 1.165) is 23.0 Å². The SMILES string of the molecule is CCOc1ccc(CNC(=NC)NC(C)(C)C)cc1OC.I. The van der Waals surface area contributed by atoms with Crippen molar-refractivity contribution in [3.05, 3.63) is 23.8 Å². The van der Waals surface area contributed by atoms with E-state index in [4.69, 9.17) is 9.47 Å². The highest BCUT2D eigenvalue weighted by Crippen LogP contribution is 2.27. The first-order chi connectivity index (χ1) is 9.89. The maximum absolute atomic E-state index is 5.51. The summed E-state index contributed by atoms with van der Waals surface area (Å²) in [6, 6.07) is 5.92. The van der Waals surface area contributed by atoms with Crippen LogP contribution in [0.2, 0.25) is 0 Å². The molecule has 0 aliphatic carbocycles. The summed E-state index contributed by atoms with van der Waals surface area (Å²) in [5.41, 5.74) is 1.07. The molecular weight excluding hydrogens is 393 g/mol. The van der Waals surface area contributed by atoms with Crippen LogP contribution in [0.5, 0.6) is 11.5 Å². The van der Waals surface area contributed by atoms with E-state index in [0.29, 0.717) is 13.2 Å². The zero-order valence-corrected chi connectivity index (χ0v) is 16.6. The van der Waals surface area contributed by atoms with Gasteiger partial charge in [0.25, 0.3) is 0 Å². The quantitative estimate of drug-likeness (QED) is 0.436. The third-order valence-electron chi connectivity index (χ3n) is 2.70. The molecule has 0 fully saturated rings. The highest BCUT2D eigenvalue weighted by atomic mass is 127. The Balaban J connectivity index is 0.00000441. The molecule has 0 spiro atoms. The number of hydrogen-bond acceptors (Lipinski definition) is 3. The van der Waals surface area contributed by atoms with E-state index in [2.05, 4.69) is 36.4 Å². The van der Waals surface area contributed by atoms with Crippen molar-refractivity contribution < 1.29 is 9.47 Å². The average Bonchev–Trinajstić information content (AvgIpc) is 2.43. The van der Waals surface area contributed by atoms with Crippen LogP contribution in [0.3, 0.4) is 0 Å². The van der Waals surface area contributed by atoms with Crippen LogP contribution in [0, 0.1) is 0 Å². The molecule has 0 aromatic heterocycles. The molecule has 0 aliphatic rings. The number of benzene rings is 1. The van der Waals surface area contributed by atoms with Gasteiger partial charge in [-0.25, -0.2) is 0 Å². The molecule has 126 valence electrons. The lowest BCUT2D eigenvalue weighted by atomic mass is 10.1. The van der Waals surface area contributed by atoms with Crippen molar-refractivity contribution in [1.29, 1.82) is 0 Å². The second-order valence-corrected chi connectivity index (χ2v) is 5.72. The van der Waals surface area contributed by atoms with Gasteiger partial charge in [-0.2, -0.15) is 0 Å². The normalized spacial score (nSPS) is 11.5. The van der Waals surface area contributed by atoms with E-state index in [1.807, 2.05) is 25.1 Å². The molecule has 1 rings (SSSR count). The van der Waals surface area contributed by atoms with Gasteiger partial charge in [0.05, 0.1) is 13.7 Å². The molecule has 0 saturated heterocycles. The number of hydrogen-bond donors (Lipinski definition) is 2. The molecule has 0 radical (unpaired) electrons. The number of ether oxygens (including phenoxy) is 2. The van der Waals surface area contributed by atoms with Gasteiger partial charge in [0.15, 0.2) is 17.5 Å². The third kappa shape index (κ3) is 7.20. The van der Waals surface area contributed by atoms with Gasteiger partial charge in [0.2, 0.25) is 0 Å². The highest BCUT2D eigenvalue weighted by molar-refractivity contribution is 14.0. The largest absolute Gasteiger partial charge is 0.493 e. The lowest BCUT2D eigenvalue weighted by molar-refractivity contribution is 0.310. The fraction of sp³-hybridized carbons (Fsp3) is 0.562. The predicted molar refractivity (Wildman–Crippen MR) is 103 cm³/mol. The minimum Gasteiger partial charge on any atom is -0.493 e. The molecule has 0 unspecified atom stereocenters. The summed E-state index contributed by atoms with van der Waals surface area (Å²) in [7, 11) is 3.41. The van der Waals surface area contributed by atoms with Crippen LogP contribution in [0.1, 0.15) is 33.3 Å². The van der Waals surface area contributed by atoms with Crippen LogP contribution < -0.4 is 20.1 Å². The lowest BCUT2D eigenvalue weighted by Crippen LogP contribution is -2.47. The Morgan fingerprint density at radius 1 is 1.23 bits per heavy atom. The molecule has 22 heavy (non-hydrogen) atoms. The van der Waals surface area contributed by atoms with E-state index < -0.39 is 0 Å². The minimum absolute atomic E-state index is 0. The number of methoxy groups -OCH3 is 1. The zero-order chi connectivity index (χ0) is 15.9. The fourth-order valence-corrected chi connectivity index (χ4v) is 1.82. The molecule has 0 saturated carbocycles. The van der Waals surface area contributed by atoms with Crippen molar-refractivity contribution in [2.75, 3.05) is 20.8 Å². The third-order valence-corrected chi connectivity index (χ3v) is 2.70. The summed E-state index contributed by atoms with van der Waals surface area (Å²) in [5, 5.41) is 6.61. The molecule has 1 aromatic carbocycles. The lowest BCUT2D eigenvalue weighted by Gasteiger charge is -2.23. The van der Waals surface area contributed by atoms with Gasteiger partial charge >= 0.3 is 0 Å². The Kier molecular flexibility index (Phi) is 9.24. The Bertz CT molecular complexity index is 485. The Labute approximate surface area is 150 Å². The highest BCUT2D eigenvalue weighted by Gasteiger charge is 2.12. The van der Waals surface area contributed by atoms with Crippen LogP contribution >= 0.6 is 24.0 Å². The second kappa shape index (κ2) is 9.76. The van der Waals surface area contributed by atoms with Crippen LogP contribution in [0.15, 0.2) is 23.2 Å². The van der Waals surface area contributed by atoms with Crippen molar-refractivity contribution in [1.82, 2.24) is 10.6 Å². The van der Waals surface area contributed by atoms with Gasteiger partial charge in [-0.15, -0.1) is 24.0 Å². The van der Waals surface area contributed by atoms with E-state index >= 15 is 0 Å². The number of nitrogens with zero attached hydrogens (tertiary/aromatic N) is 1. The van der Waals surface area contributed by atoms with Gasteiger partial charge in [-0.05, 0) is 45.4 Å². The Morgan fingerprint density at radius 2 is 1.91 bits per heavy atom. The number of halogens is 1. The van der Waals surface area contributed by atoms with Gasteiger partial charge in [-0.1, -0.05) is 6.07 Å². The van der Waals surface area contributed by atoms with E-state index in [1.165, 1.54) is 0 Å². The first-order valence-electron chi connectivity index (χ1n) is 7.18. The number of aliphatic imine (C=N–C) groups is 1. The summed E-state index contributed by atoms with van der Waals surface area (Å²) < 4.78 is 10.9. The zero-order valence-electron chi connectivity index (χ0n) is 14.3. The van der Waals surface area contributed by atoms with Crippen LogP contribution in [-0.4, -0.2) is 32.3 Å². The maximum Gasteiger partial charge on any atom is 0.191 e. The topological polar surface area (TPSA) is 54.9 Å². The van der Waals surface area contributed by atoms with Crippen molar-refractivity contribution >= 4 is 29.9 Å². The first kappa shape index (κ1) is 20.8. The molecule has 2 N–H and O–H groups in total. The number of nitrogens with one attached hydrogen (secondary N) is 2. The van der Waals surface area contributed by atoms with Crippen LogP contribution in [0.25, 0.3) is 0 Å². The maximum atomic E-state index is 5.51. The summed E-state index contributed by atoms with van der Waals surface area (Å²) in [6.07, 6.45) is 0. The van der Waals surface area contributed by atoms with Gasteiger partial charge in [0.1, 0.15) is 0 Å². The summed E-state index contributed by atoms with van der Waals surface area (Å²) in [4.78, 5) is 4.22. The summed E-state index contributed by atoms with van der Waals surface area (Å²) in [6.45, 7) is 9.53. The monoisotopic (exact) mass is 421 g/mol. The molecule has 0 heterocycles. The van der Waals surface area contributed by atoms with Gasteiger partial charge in [0, 0.05) is 19.1 Å². The van der Waals surface area contributed by atoms with Crippen molar-refractivity contribution in [3.63, 3.8) is 0 Å². The molecule has 5 nitrogen and oxygen atoms in total. The molecule has 6 heteroatoms. The smallest absolute Gasteiger partial charge is 0.191 e. The van der Waals surface area contributed by atoms with Crippen LogP contribution in [0.4, 0.5) is 0 Å². The molecule has 1 aromatic rings. The van der Waals surface area contributed by atoms with Gasteiger partial charge < -0.3 is 20.1 Å². The molecular formula is C16H28IN3O2. The number of rotatable bonds is 5. The summed E-state index contributed by atoms with van der Waals surface area (Å²) in [5.74, 6) is 2.28.